The third kappa shape index (κ3) is 11.4. The molecule has 0 aromatic rings. The maximum absolute atomic E-state index is 3.00. The smallest absolute Gasteiger partial charge is 0.0446 e. The Morgan fingerprint density at radius 1 is 1.22 bits per heavy atom. The Bertz CT molecular complexity index is 39.3. The molecule has 0 N–H and O–H groups in total. The third-order valence-corrected chi connectivity index (χ3v) is 1.48. The summed E-state index contributed by atoms with van der Waals surface area (Å²) in [7, 11) is 0. The van der Waals surface area contributed by atoms with E-state index in [1.165, 1.54) is 19.3 Å². The Labute approximate surface area is 60.0 Å². The van der Waals surface area contributed by atoms with Crippen LogP contribution in [0.15, 0.2) is 13.2 Å². The minimum atomic E-state index is 0.949. The maximum atomic E-state index is 3.00. The molecule has 0 aromatic carbocycles. The fourth-order valence-electron chi connectivity index (χ4n) is 0.697. The van der Waals surface area contributed by atoms with Gasteiger partial charge in [0.05, 0.1) is 0 Å². The van der Waals surface area contributed by atoms with Crippen LogP contribution in [-0.4, -0.2) is 0 Å². The molecule has 0 aliphatic heterocycles. The average Bonchev–Trinajstić information content (AvgIpc) is 1.93. The normalized spacial score (nSPS) is 11.4. The van der Waals surface area contributed by atoms with Crippen molar-refractivity contribution in [1.82, 2.24) is 0 Å². The predicted octanol–water partition coefficient (Wildman–Crippen LogP) is 3.63. The zero-order valence-corrected chi connectivity index (χ0v) is 7.11. The van der Waals surface area contributed by atoms with Crippen LogP contribution in [0.4, 0.5) is 0 Å². The fraction of sp³-hybridized carbons (Fsp3) is 0.778. The first-order valence-electron chi connectivity index (χ1n) is 3.81. The number of hydrogen-bond acceptors (Lipinski definition) is 0. The van der Waals surface area contributed by atoms with Crippen LogP contribution in [0.1, 0.15) is 40.0 Å². The summed E-state index contributed by atoms with van der Waals surface area (Å²) >= 11 is 0. The van der Waals surface area contributed by atoms with Crippen LogP contribution in [0.2, 0.25) is 0 Å². The first-order chi connectivity index (χ1) is 4.31. The molecule has 0 fully saturated rings. The van der Waals surface area contributed by atoms with E-state index in [4.69, 9.17) is 0 Å². The molecule has 0 heterocycles. The van der Waals surface area contributed by atoms with E-state index in [0.717, 1.165) is 5.92 Å². The maximum Gasteiger partial charge on any atom is -0.0446 e. The highest BCUT2D eigenvalue weighted by atomic mass is 14.0. The van der Waals surface area contributed by atoms with Crippen LogP contribution >= 0.6 is 0 Å². The second-order valence-electron chi connectivity index (χ2n) is 2.30. The lowest BCUT2D eigenvalue weighted by molar-refractivity contribution is 0.509. The van der Waals surface area contributed by atoms with E-state index in [-0.39, 0.29) is 0 Å². The van der Waals surface area contributed by atoms with Gasteiger partial charge in [-0.2, -0.15) is 0 Å². The zero-order chi connectivity index (χ0) is 7.70. The summed E-state index contributed by atoms with van der Waals surface area (Å²) in [6.45, 7) is 12.8. The van der Waals surface area contributed by atoms with E-state index in [9.17, 15) is 0 Å². The lowest BCUT2D eigenvalue weighted by Gasteiger charge is -2.02. The highest BCUT2D eigenvalue weighted by molar-refractivity contribution is 4.45. The van der Waals surface area contributed by atoms with Gasteiger partial charge in [0.25, 0.3) is 0 Å². The number of hydrogen-bond donors (Lipinski definition) is 0. The summed E-state index contributed by atoms with van der Waals surface area (Å²) < 4.78 is 0. The Balaban J connectivity index is 0. The Kier molecular flexibility index (Phi) is 13.7. The molecule has 0 amide bonds. The van der Waals surface area contributed by atoms with Crippen LogP contribution in [0.3, 0.4) is 0 Å². The van der Waals surface area contributed by atoms with Crippen molar-refractivity contribution in [2.24, 2.45) is 5.92 Å². The second kappa shape index (κ2) is 10.7. The van der Waals surface area contributed by atoms with Gasteiger partial charge < -0.3 is 0 Å². The molecule has 0 radical (unpaired) electrons. The third-order valence-electron chi connectivity index (χ3n) is 1.48. The second-order valence-corrected chi connectivity index (χ2v) is 2.30. The molecule has 0 rings (SSSR count). The van der Waals surface area contributed by atoms with Crippen LogP contribution in [-0.2, 0) is 0 Å². The summed E-state index contributed by atoms with van der Waals surface area (Å²) in [6, 6.07) is 0. The number of rotatable bonds is 3. The molecule has 9 heavy (non-hydrogen) atoms. The van der Waals surface area contributed by atoms with E-state index >= 15 is 0 Å². The molecule has 0 spiro atoms. The van der Waals surface area contributed by atoms with Crippen molar-refractivity contribution in [2.45, 2.75) is 40.0 Å². The largest absolute Gasteiger partial charge is 0.106 e. The van der Waals surface area contributed by atoms with E-state index in [2.05, 4.69) is 33.9 Å². The van der Waals surface area contributed by atoms with Gasteiger partial charge in [0.1, 0.15) is 0 Å². The quantitative estimate of drug-likeness (QED) is 0.509. The summed E-state index contributed by atoms with van der Waals surface area (Å²) in [5.41, 5.74) is 0. The van der Waals surface area contributed by atoms with Gasteiger partial charge in [-0.3, -0.25) is 0 Å². The van der Waals surface area contributed by atoms with Crippen molar-refractivity contribution >= 4 is 0 Å². The molecule has 0 saturated heterocycles. The summed E-state index contributed by atoms with van der Waals surface area (Å²) in [6.07, 6.45) is 4.08. The first-order valence-corrected chi connectivity index (χ1v) is 3.81. The molecule has 0 aliphatic carbocycles. The topological polar surface area (TPSA) is 0 Å². The van der Waals surface area contributed by atoms with Crippen molar-refractivity contribution in [3.05, 3.63) is 13.2 Å². The van der Waals surface area contributed by atoms with Crippen molar-refractivity contribution < 1.29 is 0 Å². The van der Waals surface area contributed by atoms with Crippen molar-refractivity contribution in [1.29, 1.82) is 0 Å². The Morgan fingerprint density at radius 3 is 1.78 bits per heavy atom. The molecule has 56 valence electrons. The molecule has 0 heteroatoms. The standard InChI is InChI=1S/C7H16.C2H4/c1-4-6-7(3)5-2;1-2/h7H,4-6H2,1-3H3;1-2H2/t7-;/m0./s1. The van der Waals surface area contributed by atoms with Gasteiger partial charge in [-0.15, -0.1) is 13.2 Å². The van der Waals surface area contributed by atoms with Gasteiger partial charge in [0, 0.05) is 0 Å². The molecular weight excluding hydrogens is 108 g/mol. The molecule has 0 saturated carbocycles. The van der Waals surface area contributed by atoms with Crippen LogP contribution in [0, 0.1) is 5.92 Å². The molecular formula is C9H20. The van der Waals surface area contributed by atoms with Crippen molar-refractivity contribution in [3.8, 4) is 0 Å². The molecule has 0 unspecified atom stereocenters. The highest BCUT2D eigenvalue weighted by Crippen LogP contribution is 2.07. The van der Waals surface area contributed by atoms with Crippen LogP contribution < -0.4 is 0 Å². The van der Waals surface area contributed by atoms with Crippen LogP contribution in [0.5, 0.6) is 0 Å². The molecule has 0 bridgehead atoms. The Hall–Kier alpha value is -0.260. The predicted molar refractivity (Wildman–Crippen MR) is 45.6 cm³/mol. The molecule has 0 aliphatic rings. The fourth-order valence-corrected chi connectivity index (χ4v) is 0.697. The SMILES string of the molecule is C=C.CCC[C@@H](C)CC. The zero-order valence-electron chi connectivity index (χ0n) is 7.11. The van der Waals surface area contributed by atoms with Gasteiger partial charge in [0.2, 0.25) is 0 Å². The summed E-state index contributed by atoms with van der Waals surface area (Å²) in [5.74, 6) is 0.949. The minimum absolute atomic E-state index is 0.949. The van der Waals surface area contributed by atoms with E-state index in [1.54, 1.807) is 0 Å². The van der Waals surface area contributed by atoms with Crippen molar-refractivity contribution in [3.63, 3.8) is 0 Å². The van der Waals surface area contributed by atoms with Gasteiger partial charge in [0.15, 0.2) is 0 Å². The first kappa shape index (κ1) is 11.5. The molecule has 0 aromatic heterocycles. The monoisotopic (exact) mass is 128 g/mol. The van der Waals surface area contributed by atoms with Gasteiger partial charge in [-0.05, 0) is 5.92 Å². The van der Waals surface area contributed by atoms with Gasteiger partial charge in [-0.1, -0.05) is 40.0 Å². The summed E-state index contributed by atoms with van der Waals surface area (Å²) in [5, 5.41) is 0. The lowest BCUT2D eigenvalue weighted by atomic mass is 10.0. The van der Waals surface area contributed by atoms with E-state index in [1.807, 2.05) is 0 Å². The van der Waals surface area contributed by atoms with Gasteiger partial charge >= 0.3 is 0 Å². The Morgan fingerprint density at radius 2 is 1.67 bits per heavy atom. The van der Waals surface area contributed by atoms with E-state index in [0.29, 0.717) is 0 Å². The summed E-state index contributed by atoms with van der Waals surface area (Å²) in [4.78, 5) is 0. The van der Waals surface area contributed by atoms with Gasteiger partial charge in [-0.25, -0.2) is 0 Å². The van der Waals surface area contributed by atoms with Crippen LogP contribution in [0.25, 0.3) is 0 Å². The minimum Gasteiger partial charge on any atom is -0.106 e. The lowest BCUT2D eigenvalue weighted by Crippen LogP contribution is -1.88. The average molecular weight is 128 g/mol. The highest BCUT2D eigenvalue weighted by Gasteiger charge is 1.92. The molecule has 1 atom stereocenters. The molecule has 0 nitrogen and oxygen atoms in total. The van der Waals surface area contributed by atoms with E-state index < -0.39 is 0 Å². The van der Waals surface area contributed by atoms with Crippen molar-refractivity contribution in [2.75, 3.05) is 0 Å².